The number of β-amino-alcohol motifs (C(OH)–C–C–N with tert-alkyl or cyclic N) is 1. The Morgan fingerprint density at radius 2 is 1.73 bits per heavy atom. The van der Waals surface area contributed by atoms with Gasteiger partial charge in [-0.2, -0.15) is 0 Å². The van der Waals surface area contributed by atoms with Crippen molar-refractivity contribution in [2.75, 3.05) is 19.6 Å². The summed E-state index contributed by atoms with van der Waals surface area (Å²) >= 11 is 1.60. The minimum absolute atomic E-state index is 0.0709. The first kappa shape index (κ1) is 35.0. The van der Waals surface area contributed by atoms with E-state index >= 15 is 0 Å². The molecule has 3 rings (SSSR count). The molecule has 0 bridgehead atoms. The number of rotatable bonds is 16. The Morgan fingerprint density at radius 3 is 2.39 bits per heavy atom. The summed E-state index contributed by atoms with van der Waals surface area (Å²) in [5.41, 5.74) is 4.03. The number of hydrogen-bond acceptors (Lipinski definition) is 7. The summed E-state index contributed by atoms with van der Waals surface area (Å²) in [5, 5.41) is 27.2. The molecular formula is C32H47N5O6S. The molecule has 2 aromatic rings. The van der Waals surface area contributed by atoms with Gasteiger partial charge < -0.3 is 31.1 Å². The molecule has 5 N–H and O–H groups in total. The molecule has 0 saturated carbocycles. The Labute approximate surface area is 263 Å². The molecule has 1 aromatic carbocycles. The van der Waals surface area contributed by atoms with Gasteiger partial charge in [0.05, 0.1) is 27.6 Å². The van der Waals surface area contributed by atoms with Crippen LogP contribution in [0, 0.1) is 12.3 Å². The molecule has 0 spiro atoms. The van der Waals surface area contributed by atoms with E-state index in [0.717, 1.165) is 47.4 Å². The Kier molecular flexibility index (Phi) is 13.1. The molecular weight excluding hydrogens is 582 g/mol. The van der Waals surface area contributed by atoms with E-state index in [1.807, 2.05) is 24.6 Å². The second kappa shape index (κ2) is 16.5. The van der Waals surface area contributed by atoms with E-state index in [4.69, 9.17) is 5.11 Å². The fourth-order valence-corrected chi connectivity index (χ4v) is 6.13. The van der Waals surface area contributed by atoms with Crippen LogP contribution in [0.1, 0.15) is 77.0 Å². The first-order chi connectivity index (χ1) is 20.9. The number of nitrogens with one attached hydrogen (secondary N) is 3. The molecule has 1 aliphatic heterocycles. The number of aliphatic hydroxyl groups excluding tert-OH is 1. The number of carbonyl (C=O) groups is 4. The van der Waals surface area contributed by atoms with E-state index in [-0.39, 0.29) is 30.7 Å². The third kappa shape index (κ3) is 10.0. The Morgan fingerprint density at radius 1 is 1.05 bits per heavy atom. The van der Waals surface area contributed by atoms with Crippen molar-refractivity contribution in [2.24, 2.45) is 5.41 Å². The highest BCUT2D eigenvalue weighted by molar-refractivity contribution is 7.13. The maximum atomic E-state index is 13.7. The molecule has 11 nitrogen and oxygen atoms in total. The smallest absolute Gasteiger partial charge is 0.404 e. The van der Waals surface area contributed by atoms with Gasteiger partial charge in [0.25, 0.3) is 0 Å². The topological polar surface area (TPSA) is 161 Å². The van der Waals surface area contributed by atoms with Gasteiger partial charge in [-0.05, 0) is 58.1 Å². The predicted octanol–water partition coefficient (Wildman–Crippen LogP) is 3.88. The maximum absolute atomic E-state index is 13.7. The summed E-state index contributed by atoms with van der Waals surface area (Å²) in [6.45, 7) is 8.18. The molecule has 242 valence electrons. The molecule has 4 amide bonds. The standard InChI is InChI=1S/C32H47N5O6S/c1-21-28(44-20-35-21)24-13-11-23(12-14-24)15-17-33-29(40)26-18-25(38)19-37(26)30(41)32(3,4)22(2)36-27(39)10-8-6-5-7-9-16-34-31(42)43/h11-14,20,22,25-26,34,38H,5-10,15-19H2,1-4H3,(H,33,40)(H,36,39)(H,42,43)/t22-,25+,26-/m0/s1. The summed E-state index contributed by atoms with van der Waals surface area (Å²) in [7, 11) is 0. The summed E-state index contributed by atoms with van der Waals surface area (Å²) < 4.78 is 0. The fraction of sp³-hybridized carbons (Fsp3) is 0.594. The van der Waals surface area contributed by atoms with Crippen molar-refractivity contribution in [3.05, 3.63) is 41.0 Å². The van der Waals surface area contributed by atoms with E-state index in [1.54, 1.807) is 32.1 Å². The number of carbonyl (C=O) groups excluding carboxylic acids is 3. The van der Waals surface area contributed by atoms with Crippen molar-refractivity contribution >= 4 is 35.2 Å². The van der Waals surface area contributed by atoms with Crippen LogP contribution in [0.3, 0.4) is 0 Å². The molecule has 1 aliphatic rings. The number of hydrogen-bond donors (Lipinski definition) is 5. The van der Waals surface area contributed by atoms with Gasteiger partial charge in [0.1, 0.15) is 6.04 Å². The van der Waals surface area contributed by atoms with E-state index in [9.17, 15) is 24.3 Å². The van der Waals surface area contributed by atoms with Crippen LogP contribution in [0.5, 0.6) is 0 Å². The van der Waals surface area contributed by atoms with Crippen molar-refractivity contribution in [3.8, 4) is 10.4 Å². The number of aryl methyl sites for hydroxylation is 1. The number of aromatic nitrogens is 1. The van der Waals surface area contributed by atoms with Gasteiger partial charge >= 0.3 is 6.09 Å². The molecule has 1 fully saturated rings. The summed E-state index contributed by atoms with van der Waals surface area (Å²) in [6.07, 6.45) is 3.45. The maximum Gasteiger partial charge on any atom is 0.404 e. The van der Waals surface area contributed by atoms with Gasteiger partial charge in [0.15, 0.2) is 0 Å². The van der Waals surface area contributed by atoms with Crippen molar-refractivity contribution in [2.45, 2.75) is 97.2 Å². The molecule has 1 saturated heterocycles. The van der Waals surface area contributed by atoms with Crippen LogP contribution in [-0.4, -0.2) is 81.7 Å². The van der Waals surface area contributed by atoms with Crippen LogP contribution in [0.15, 0.2) is 29.8 Å². The number of aliphatic hydroxyl groups is 1. The average Bonchev–Trinajstić information content (AvgIpc) is 3.59. The minimum Gasteiger partial charge on any atom is -0.465 e. The van der Waals surface area contributed by atoms with Crippen LogP contribution in [0.2, 0.25) is 0 Å². The van der Waals surface area contributed by atoms with Crippen LogP contribution >= 0.6 is 11.3 Å². The molecule has 0 aliphatic carbocycles. The van der Waals surface area contributed by atoms with Crippen molar-refractivity contribution < 1.29 is 29.4 Å². The Hall–Kier alpha value is -3.51. The molecule has 0 radical (unpaired) electrons. The highest BCUT2D eigenvalue weighted by Gasteiger charge is 2.46. The van der Waals surface area contributed by atoms with Crippen molar-refractivity contribution in [3.63, 3.8) is 0 Å². The number of thiazole rings is 1. The largest absolute Gasteiger partial charge is 0.465 e. The molecule has 1 aromatic heterocycles. The highest BCUT2D eigenvalue weighted by Crippen LogP contribution is 2.30. The normalized spacial score (nSPS) is 17.2. The molecule has 3 atom stereocenters. The molecule has 12 heteroatoms. The lowest BCUT2D eigenvalue weighted by Gasteiger charge is -2.36. The quantitative estimate of drug-likeness (QED) is 0.176. The van der Waals surface area contributed by atoms with Crippen LogP contribution in [-0.2, 0) is 20.8 Å². The number of likely N-dealkylation sites (tertiary alicyclic amines) is 1. The van der Waals surface area contributed by atoms with Crippen LogP contribution < -0.4 is 16.0 Å². The van der Waals surface area contributed by atoms with Crippen LogP contribution in [0.25, 0.3) is 10.4 Å². The lowest BCUT2D eigenvalue weighted by molar-refractivity contribution is -0.147. The summed E-state index contributed by atoms with van der Waals surface area (Å²) in [6, 6.07) is 6.93. The second-order valence-electron chi connectivity index (χ2n) is 12.1. The van der Waals surface area contributed by atoms with E-state index in [2.05, 4.69) is 33.1 Å². The first-order valence-corrected chi connectivity index (χ1v) is 16.3. The lowest BCUT2D eigenvalue weighted by Crippen LogP contribution is -2.55. The van der Waals surface area contributed by atoms with Crippen molar-refractivity contribution in [1.29, 1.82) is 0 Å². The third-order valence-electron chi connectivity index (χ3n) is 8.39. The number of carboxylic acid groups (broad SMARTS) is 1. The third-order valence-corrected chi connectivity index (χ3v) is 9.36. The molecule has 44 heavy (non-hydrogen) atoms. The lowest BCUT2D eigenvalue weighted by atomic mass is 9.83. The van der Waals surface area contributed by atoms with Gasteiger partial charge in [0.2, 0.25) is 17.7 Å². The Bertz CT molecular complexity index is 1260. The zero-order valence-corrected chi connectivity index (χ0v) is 27.0. The number of nitrogens with zero attached hydrogens (tertiary/aromatic N) is 2. The van der Waals surface area contributed by atoms with E-state index in [1.165, 1.54) is 4.90 Å². The predicted molar refractivity (Wildman–Crippen MR) is 170 cm³/mol. The van der Waals surface area contributed by atoms with Crippen LogP contribution in [0.4, 0.5) is 4.79 Å². The zero-order chi connectivity index (χ0) is 32.3. The average molecular weight is 630 g/mol. The molecule has 0 unspecified atom stereocenters. The Balaban J connectivity index is 1.44. The SMILES string of the molecule is Cc1ncsc1-c1ccc(CCNC(=O)[C@@H]2C[C@@H](O)CN2C(=O)C(C)(C)[C@H](C)NC(=O)CCCCCCCNC(=O)O)cc1. The van der Waals surface area contributed by atoms with E-state index < -0.39 is 29.7 Å². The fourth-order valence-electron chi connectivity index (χ4n) is 5.32. The van der Waals surface area contributed by atoms with Gasteiger partial charge in [-0.1, -0.05) is 43.5 Å². The summed E-state index contributed by atoms with van der Waals surface area (Å²) in [5.74, 6) is -0.721. The van der Waals surface area contributed by atoms with Gasteiger partial charge in [-0.3, -0.25) is 14.4 Å². The van der Waals surface area contributed by atoms with Crippen molar-refractivity contribution in [1.82, 2.24) is 25.8 Å². The van der Waals surface area contributed by atoms with E-state index in [0.29, 0.717) is 32.4 Å². The first-order valence-electron chi connectivity index (χ1n) is 15.4. The molecule has 2 heterocycles. The van der Waals surface area contributed by atoms with Gasteiger partial charge in [-0.25, -0.2) is 9.78 Å². The zero-order valence-electron chi connectivity index (χ0n) is 26.2. The second-order valence-corrected chi connectivity index (χ2v) is 13.0. The highest BCUT2D eigenvalue weighted by atomic mass is 32.1. The minimum atomic E-state index is -1.02. The van der Waals surface area contributed by atoms with Gasteiger partial charge in [-0.15, -0.1) is 11.3 Å². The number of benzene rings is 1. The summed E-state index contributed by atoms with van der Waals surface area (Å²) in [4.78, 5) is 56.8. The number of amides is 4. The van der Waals surface area contributed by atoms with Gasteiger partial charge in [0, 0.05) is 38.5 Å². The number of unbranched alkanes of at least 4 members (excludes halogenated alkanes) is 4. The monoisotopic (exact) mass is 629 g/mol.